The molecule has 0 aliphatic rings. The van der Waals surface area contributed by atoms with Gasteiger partial charge in [-0.1, -0.05) is 23.2 Å². The predicted molar refractivity (Wildman–Crippen MR) is 131 cm³/mol. The largest absolute Gasteiger partial charge is 0.267 e. The van der Waals surface area contributed by atoms with E-state index >= 15 is 0 Å². The average Bonchev–Trinajstić information content (AvgIpc) is 2.77. The lowest BCUT2D eigenvalue weighted by atomic mass is 10.0. The summed E-state index contributed by atoms with van der Waals surface area (Å²) in [7, 11) is -12.9. The van der Waals surface area contributed by atoms with Gasteiger partial charge in [0.1, 0.15) is 22.7 Å². The van der Waals surface area contributed by atoms with Gasteiger partial charge < -0.3 is 0 Å². The second-order valence-corrected chi connectivity index (χ2v) is 13.9. The number of aromatic nitrogens is 1. The maximum absolute atomic E-state index is 14.8. The molecule has 9 nitrogen and oxygen atoms in total. The Morgan fingerprint density at radius 3 is 2.14 bits per heavy atom. The van der Waals surface area contributed by atoms with E-state index in [1.807, 2.05) is 4.72 Å². The Bertz CT molecular complexity index is 1620. The predicted octanol–water partition coefficient (Wildman–Crippen LogP) is 3.26. The first-order valence-corrected chi connectivity index (χ1v) is 15.4. The summed E-state index contributed by atoms with van der Waals surface area (Å²) in [5, 5.41) is 2.82. The summed E-state index contributed by atoms with van der Waals surface area (Å²) in [6, 6.07) is 8.03. The third kappa shape index (κ3) is 6.89. The summed E-state index contributed by atoms with van der Waals surface area (Å²) in [6.07, 6.45) is 0.913. The van der Waals surface area contributed by atoms with Crippen molar-refractivity contribution in [1.29, 1.82) is 0 Å². The van der Waals surface area contributed by atoms with Gasteiger partial charge >= 0.3 is 0 Å². The third-order valence-corrected chi connectivity index (χ3v) is 9.68. The standard InChI is InChI=1S/C20H17Cl2F2N3O6S3/c21-12-1-4-14(5-2-12)36(32,33)20(16-9-13(23)3-6-18(16)24)15-10-19(26-11-17(15)22)27-35(30,31)8-7-34(25,28)29/h1-6,9-11,20H,7-8H2,(H,26,27)(H2,25,28,29). The zero-order valence-electron chi connectivity index (χ0n) is 17.9. The normalized spacial score (nSPS) is 13.4. The molecule has 16 heteroatoms. The van der Waals surface area contributed by atoms with Gasteiger partial charge in [-0.2, -0.15) is 0 Å². The number of hydrogen-bond donors (Lipinski definition) is 2. The second kappa shape index (κ2) is 10.6. The molecule has 2 aromatic carbocycles. The molecule has 0 saturated carbocycles. The van der Waals surface area contributed by atoms with Crippen LogP contribution in [0, 0.1) is 11.6 Å². The summed E-state index contributed by atoms with van der Waals surface area (Å²) in [4.78, 5) is 3.47. The van der Waals surface area contributed by atoms with Gasteiger partial charge in [-0.25, -0.2) is 44.2 Å². The van der Waals surface area contributed by atoms with Crippen LogP contribution in [0.25, 0.3) is 0 Å². The monoisotopic (exact) mass is 599 g/mol. The lowest BCUT2D eigenvalue weighted by Crippen LogP contribution is -2.27. The van der Waals surface area contributed by atoms with Crippen LogP contribution in [0.3, 0.4) is 0 Å². The number of anilines is 1. The minimum atomic E-state index is -4.53. The average molecular weight is 600 g/mol. The highest BCUT2D eigenvalue weighted by molar-refractivity contribution is 7.95. The molecule has 3 rings (SSSR count). The summed E-state index contributed by atoms with van der Waals surface area (Å²) < 4.78 is 105. The molecular weight excluding hydrogens is 583 g/mol. The van der Waals surface area contributed by atoms with E-state index in [9.17, 15) is 34.0 Å². The molecule has 1 aromatic heterocycles. The Labute approximate surface area is 216 Å². The molecule has 1 heterocycles. The highest BCUT2D eigenvalue weighted by atomic mass is 35.5. The van der Waals surface area contributed by atoms with Crippen LogP contribution < -0.4 is 9.86 Å². The highest BCUT2D eigenvalue weighted by Crippen LogP contribution is 2.40. The smallest absolute Gasteiger partial charge is 0.234 e. The lowest BCUT2D eigenvalue weighted by Gasteiger charge is -2.21. The highest BCUT2D eigenvalue weighted by Gasteiger charge is 2.35. The maximum Gasteiger partial charge on any atom is 0.234 e. The molecule has 1 atom stereocenters. The van der Waals surface area contributed by atoms with Gasteiger partial charge in [0.05, 0.1) is 21.4 Å². The van der Waals surface area contributed by atoms with E-state index in [-0.39, 0.29) is 20.5 Å². The second-order valence-electron chi connectivity index (χ2n) is 7.42. The first-order valence-electron chi connectivity index (χ1n) is 9.70. The van der Waals surface area contributed by atoms with Gasteiger partial charge in [0, 0.05) is 16.8 Å². The number of benzene rings is 2. The van der Waals surface area contributed by atoms with Crippen molar-refractivity contribution in [2.75, 3.05) is 16.2 Å². The number of nitrogens with two attached hydrogens (primary N) is 1. The van der Waals surface area contributed by atoms with Crippen molar-refractivity contribution < 1.29 is 34.0 Å². The Morgan fingerprint density at radius 1 is 0.889 bits per heavy atom. The molecule has 0 bridgehead atoms. The fraction of sp³-hybridized carbons (Fsp3) is 0.150. The number of nitrogens with zero attached hydrogens (tertiary/aromatic N) is 1. The van der Waals surface area contributed by atoms with E-state index in [4.69, 9.17) is 28.3 Å². The van der Waals surface area contributed by atoms with Crippen molar-refractivity contribution >= 4 is 58.9 Å². The first-order chi connectivity index (χ1) is 16.6. The van der Waals surface area contributed by atoms with E-state index in [0.29, 0.717) is 6.07 Å². The number of pyridine rings is 1. The third-order valence-electron chi connectivity index (χ3n) is 4.76. The number of hydrogen-bond acceptors (Lipinski definition) is 7. The molecule has 0 spiro atoms. The molecule has 3 N–H and O–H groups in total. The number of halogens is 4. The number of sulfone groups is 1. The Hall–Kier alpha value is -2.36. The van der Waals surface area contributed by atoms with Crippen molar-refractivity contribution in [3.8, 4) is 0 Å². The molecule has 3 aromatic rings. The number of sulfonamides is 2. The minimum Gasteiger partial charge on any atom is -0.267 e. The van der Waals surface area contributed by atoms with E-state index in [1.165, 1.54) is 12.1 Å². The molecule has 0 aliphatic carbocycles. The molecular formula is C20H17Cl2F2N3O6S3. The fourth-order valence-electron chi connectivity index (χ4n) is 3.12. The molecule has 0 radical (unpaired) electrons. The van der Waals surface area contributed by atoms with Crippen LogP contribution in [0.15, 0.2) is 59.6 Å². The van der Waals surface area contributed by atoms with Crippen LogP contribution in [0.1, 0.15) is 16.4 Å². The van der Waals surface area contributed by atoms with Crippen molar-refractivity contribution in [3.05, 3.63) is 87.5 Å². The van der Waals surface area contributed by atoms with Crippen LogP contribution in [0.4, 0.5) is 14.6 Å². The van der Waals surface area contributed by atoms with Crippen LogP contribution >= 0.6 is 23.2 Å². The number of rotatable bonds is 9. The fourth-order valence-corrected chi connectivity index (χ4v) is 7.70. The van der Waals surface area contributed by atoms with Gasteiger partial charge in [0.2, 0.25) is 20.0 Å². The SMILES string of the molecule is NS(=O)(=O)CCS(=O)(=O)Nc1cc(C(c2cc(F)ccc2F)S(=O)(=O)c2ccc(Cl)cc2)c(Cl)cn1. The van der Waals surface area contributed by atoms with E-state index in [1.54, 1.807) is 0 Å². The summed E-state index contributed by atoms with van der Waals surface area (Å²) >= 11 is 12.0. The lowest BCUT2D eigenvalue weighted by molar-refractivity contribution is 0.569. The van der Waals surface area contributed by atoms with Crippen LogP contribution in [0.2, 0.25) is 10.0 Å². The van der Waals surface area contributed by atoms with Gasteiger partial charge in [0.15, 0.2) is 9.84 Å². The van der Waals surface area contributed by atoms with Gasteiger partial charge in [-0.3, -0.25) is 4.72 Å². The zero-order chi connectivity index (χ0) is 26.9. The van der Waals surface area contributed by atoms with Crippen molar-refractivity contribution in [1.82, 2.24) is 4.98 Å². The molecule has 0 aliphatic heterocycles. The van der Waals surface area contributed by atoms with Crippen molar-refractivity contribution in [2.24, 2.45) is 5.14 Å². The minimum absolute atomic E-state index is 0.223. The van der Waals surface area contributed by atoms with E-state index in [0.717, 1.165) is 36.5 Å². The van der Waals surface area contributed by atoms with E-state index in [2.05, 4.69) is 4.98 Å². The van der Waals surface area contributed by atoms with Gasteiger partial charge in [-0.15, -0.1) is 0 Å². The molecule has 36 heavy (non-hydrogen) atoms. The number of primary sulfonamides is 1. The maximum atomic E-state index is 14.8. The van der Waals surface area contributed by atoms with Crippen molar-refractivity contribution in [2.45, 2.75) is 10.1 Å². The van der Waals surface area contributed by atoms with Crippen LogP contribution in [-0.4, -0.2) is 41.7 Å². The molecule has 1 unspecified atom stereocenters. The van der Waals surface area contributed by atoms with Crippen LogP contribution in [-0.2, 0) is 29.9 Å². The van der Waals surface area contributed by atoms with E-state index < -0.39 is 69.7 Å². The quantitative estimate of drug-likeness (QED) is 0.382. The molecule has 0 saturated heterocycles. The van der Waals surface area contributed by atoms with Crippen LogP contribution in [0.5, 0.6) is 0 Å². The summed E-state index contributed by atoms with van der Waals surface area (Å²) in [5.41, 5.74) is -0.920. The number of nitrogens with one attached hydrogen (secondary N) is 1. The summed E-state index contributed by atoms with van der Waals surface area (Å²) in [5.74, 6) is -4.27. The van der Waals surface area contributed by atoms with Crippen molar-refractivity contribution in [3.63, 3.8) is 0 Å². The Morgan fingerprint density at radius 2 is 1.53 bits per heavy atom. The van der Waals surface area contributed by atoms with Gasteiger partial charge in [-0.05, 0) is 54.1 Å². The molecule has 0 amide bonds. The molecule has 0 fully saturated rings. The van der Waals surface area contributed by atoms with Gasteiger partial charge in [0.25, 0.3) is 0 Å². The first kappa shape index (κ1) is 28.2. The summed E-state index contributed by atoms with van der Waals surface area (Å²) in [6.45, 7) is 0. The Kier molecular flexibility index (Phi) is 8.27. The zero-order valence-corrected chi connectivity index (χ0v) is 21.9. The topological polar surface area (TPSA) is 153 Å². The molecule has 194 valence electrons. The Balaban J connectivity index is 2.18.